The molecule has 1 aliphatic rings. The zero-order chi connectivity index (χ0) is 10.1. The third-order valence-corrected chi connectivity index (χ3v) is 3.87. The number of fused-ring (bicyclic) bond motifs is 1. The van der Waals surface area contributed by atoms with Crippen LogP contribution in [0, 0.1) is 0 Å². The molecular formula is C13H13NS. The van der Waals surface area contributed by atoms with Crippen molar-refractivity contribution in [3.63, 3.8) is 0 Å². The van der Waals surface area contributed by atoms with Gasteiger partial charge in [-0.2, -0.15) is 0 Å². The zero-order valence-electron chi connectivity index (χ0n) is 8.57. The number of hydrogen-bond acceptors (Lipinski definition) is 2. The van der Waals surface area contributed by atoms with Crippen LogP contribution in [0.15, 0.2) is 29.8 Å². The second-order valence-electron chi connectivity index (χ2n) is 4.03. The first-order chi connectivity index (χ1) is 7.42. The Morgan fingerprint density at radius 2 is 1.93 bits per heavy atom. The van der Waals surface area contributed by atoms with Crippen LogP contribution in [0.5, 0.6) is 0 Å². The molecule has 1 saturated carbocycles. The van der Waals surface area contributed by atoms with Gasteiger partial charge in [0.05, 0.1) is 10.2 Å². The molecule has 1 heterocycles. The van der Waals surface area contributed by atoms with Gasteiger partial charge in [-0.3, -0.25) is 0 Å². The van der Waals surface area contributed by atoms with Crippen LogP contribution in [-0.2, 0) is 0 Å². The van der Waals surface area contributed by atoms with Crippen molar-refractivity contribution >= 4 is 27.6 Å². The van der Waals surface area contributed by atoms with Crippen LogP contribution in [0.3, 0.4) is 0 Å². The van der Waals surface area contributed by atoms with Crippen molar-refractivity contribution in [1.29, 1.82) is 0 Å². The third kappa shape index (κ3) is 1.82. The molecule has 1 aromatic heterocycles. The lowest BCUT2D eigenvalue weighted by atomic mass is 10.2. The lowest BCUT2D eigenvalue weighted by Gasteiger charge is -1.90. The highest BCUT2D eigenvalue weighted by molar-refractivity contribution is 7.19. The lowest BCUT2D eigenvalue weighted by Crippen LogP contribution is -1.73. The van der Waals surface area contributed by atoms with Crippen LogP contribution in [0.2, 0.25) is 0 Å². The number of aromatic nitrogens is 1. The summed E-state index contributed by atoms with van der Waals surface area (Å²) >= 11 is 1.80. The quantitative estimate of drug-likeness (QED) is 0.693. The first-order valence-corrected chi connectivity index (χ1v) is 6.28. The van der Waals surface area contributed by atoms with Gasteiger partial charge in [0.2, 0.25) is 0 Å². The monoisotopic (exact) mass is 215 g/mol. The summed E-state index contributed by atoms with van der Waals surface area (Å²) in [5.74, 6) is 0. The summed E-state index contributed by atoms with van der Waals surface area (Å²) in [7, 11) is 0. The minimum atomic E-state index is 1.13. The Kier molecular flexibility index (Phi) is 2.29. The van der Waals surface area contributed by atoms with Gasteiger partial charge in [-0.25, -0.2) is 4.98 Å². The Hall–Kier alpha value is -1.15. The van der Waals surface area contributed by atoms with E-state index < -0.39 is 0 Å². The van der Waals surface area contributed by atoms with Gasteiger partial charge < -0.3 is 0 Å². The predicted octanol–water partition coefficient (Wildman–Crippen LogP) is 4.25. The molecule has 2 aromatic rings. The normalized spacial score (nSPS) is 16.1. The summed E-state index contributed by atoms with van der Waals surface area (Å²) in [5.41, 5.74) is 2.71. The molecular weight excluding hydrogens is 202 g/mol. The molecule has 0 radical (unpaired) electrons. The summed E-state index contributed by atoms with van der Waals surface area (Å²) in [4.78, 5) is 4.62. The van der Waals surface area contributed by atoms with E-state index in [-0.39, 0.29) is 0 Å². The number of thiazole rings is 1. The molecule has 0 atom stereocenters. The first-order valence-electron chi connectivity index (χ1n) is 5.47. The van der Waals surface area contributed by atoms with Gasteiger partial charge in [-0.05, 0) is 43.9 Å². The standard InChI is InChI=1S/C13H13NS/c1-2-6-10(5-1)9-13-14-11-7-3-4-8-12(11)15-13/h3-4,7-9H,1-2,5-6H2. The summed E-state index contributed by atoms with van der Waals surface area (Å²) in [6.45, 7) is 0. The Balaban J connectivity index is 2.01. The summed E-state index contributed by atoms with van der Waals surface area (Å²) in [6, 6.07) is 8.35. The van der Waals surface area contributed by atoms with E-state index in [9.17, 15) is 0 Å². The molecule has 0 aliphatic heterocycles. The Morgan fingerprint density at radius 3 is 2.73 bits per heavy atom. The average molecular weight is 215 g/mol. The van der Waals surface area contributed by atoms with Crippen LogP contribution in [0.4, 0.5) is 0 Å². The molecule has 1 aliphatic carbocycles. The number of rotatable bonds is 1. The smallest absolute Gasteiger partial charge is 0.117 e. The van der Waals surface area contributed by atoms with Gasteiger partial charge in [0.25, 0.3) is 0 Å². The topological polar surface area (TPSA) is 12.9 Å². The summed E-state index contributed by atoms with van der Waals surface area (Å²) in [5, 5.41) is 1.17. The van der Waals surface area contributed by atoms with Crippen molar-refractivity contribution in [2.75, 3.05) is 0 Å². The van der Waals surface area contributed by atoms with Gasteiger partial charge in [-0.15, -0.1) is 11.3 Å². The molecule has 0 unspecified atom stereocenters. The highest BCUT2D eigenvalue weighted by Crippen LogP contribution is 2.29. The van der Waals surface area contributed by atoms with Gasteiger partial charge in [0, 0.05) is 0 Å². The maximum atomic E-state index is 4.62. The molecule has 0 amide bonds. The van der Waals surface area contributed by atoms with Crippen molar-refractivity contribution in [2.24, 2.45) is 0 Å². The second kappa shape index (κ2) is 3.78. The van der Waals surface area contributed by atoms with Crippen LogP contribution < -0.4 is 0 Å². The molecule has 1 fully saturated rings. The van der Waals surface area contributed by atoms with E-state index >= 15 is 0 Å². The first kappa shape index (κ1) is 9.10. The molecule has 0 spiro atoms. The molecule has 2 heteroatoms. The van der Waals surface area contributed by atoms with Crippen LogP contribution in [0.25, 0.3) is 16.3 Å². The largest absolute Gasteiger partial charge is 0.237 e. The zero-order valence-corrected chi connectivity index (χ0v) is 9.39. The maximum Gasteiger partial charge on any atom is 0.117 e. The molecule has 1 nitrogen and oxygen atoms in total. The maximum absolute atomic E-state index is 4.62. The number of benzene rings is 1. The van der Waals surface area contributed by atoms with Crippen LogP contribution in [0.1, 0.15) is 30.7 Å². The fraction of sp³-hybridized carbons (Fsp3) is 0.308. The fourth-order valence-corrected chi connectivity index (χ4v) is 3.06. The number of hydrogen-bond donors (Lipinski definition) is 0. The van der Waals surface area contributed by atoms with E-state index in [1.165, 1.54) is 35.4 Å². The molecule has 1 aromatic carbocycles. The lowest BCUT2D eigenvalue weighted by molar-refractivity contribution is 0.886. The Morgan fingerprint density at radius 1 is 1.13 bits per heavy atom. The molecule has 0 saturated heterocycles. The second-order valence-corrected chi connectivity index (χ2v) is 5.09. The number of para-hydroxylation sites is 1. The highest BCUT2D eigenvalue weighted by atomic mass is 32.1. The van der Waals surface area contributed by atoms with Gasteiger partial charge in [-0.1, -0.05) is 17.7 Å². The molecule has 0 bridgehead atoms. The molecule has 0 N–H and O–H groups in total. The van der Waals surface area contributed by atoms with E-state index in [0.717, 1.165) is 5.52 Å². The fourth-order valence-electron chi connectivity index (χ4n) is 2.10. The van der Waals surface area contributed by atoms with Crippen molar-refractivity contribution in [2.45, 2.75) is 25.7 Å². The molecule has 76 valence electrons. The van der Waals surface area contributed by atoms with Crippen LogP contribution in [-0.4, -0.2) is 4.98 Å². The van der Waals surface area contributed by atoms with Crippen molar-refractivity contribution < 1.29 is 0 Å². The van der Waals surface area contributed by atoms with Crippen molar-refractivity contribution in [3.8, 4) is 0 Å². The van der Waals surface area contributed by atoms with Crippen LogP contribution >= 0.6 is 11.3 Å². The Bertz CT molecular complexity index is 469. The van der Waals surface area contributed by atoms with E-state index in [2.05, 4.69) is 35.3 Å². The van der Waals surface area contributed by atoms with Gasteiger partial charge in [0.1, 0.15) is 5.01 Å². The van der Waals surface area contributed by atoms with E-state index in [0.29, 0.717) is 0 Å². The molecule has 3 rings (SSSR count). The van der Waals surface area contributed by atoms with Gasteiger partial charge in [0.15, 0.2) is 0 Å². The minimum Gasteiger partial charge on any atom is -0.237 e. The third-order valence-electron chi connectivity index (χ3n) is 2.88. The highest BCUT2D eigenvalue weighted by Gasteiger charge is 2.08. The SMILES string of the molecule is C(=C1CCCC1)c1nc2ccccc2s1. The number of allylic oxidation sites excluding steroid dienone is 1. The average Bonchev–Trinajstić information content (AvgIpc) is 2.86. The summed E-state index contributed by atoms with van der Waals surface area (Å²) in [6.07, 6.45) is 7.55. The van der Waals surface area contributed by atoms with E-state index in [4.69, 9.17) is 0 Å². The number of nitrogens with zero attached hydrogens (tertiary/aromatic N) is 1. The van der Waals surface area contributed by atoms with E-state index in [1.54, 1.807) is 16.9 Å². The van der Waals surface area contributed by atoms with Crippen molar-refractivity contribution in [1.82, 2.24) is 4.98 Å². The van der Waals surface area contributed by atoms with Crippen molar-refractivity contribution in [3.05, 3.63) is 34.8 Å². The van der Waals surface area contributed by atoms with Gasteiger partial charge >= 0.3 is 0 Å². The minimum absolute atomic E-state index is 1.13. The summed E-state index contributed by atoms with van der Waals surface area (Å²) < 4.78 is 1.29. The predicted molar refractivity (Wildman–Crippen MR) is 66.1 cm³/mol. The Labute approximate surface area is 93.5 Å². The van der Waals surface area contributed by atoms with E-state index in [1.807, 2.05) is 0 Å². The molecule has 15 heavy (non-hydrogen) atoms.